The van der Waals surface area contributed by atoms with Crippen molar-refractivity contribution in [1.29, 1.82) is 0 Å². The molecule has 3 nitrogen and oxygen atoms in total. The maximum absolute atomic E-state index is 8.53. The predicted octanol–water partition coefficient (Wildman–Crippen LogP) is -0.539. The number of hydrogen-bond acceptors (Lipinski definition) is 2. The Balaban J connectivity index is 3.34. The van der Waals surface area contributed by atoms with Crippen molar-refractivity contribution in [2.24, 2.45) is 0 Å². The highest BCUT2D eigenvalue weighted by Crippen LogP contribution is 1.76. The summed E-state index contributed by atoms with van der Waals surface area (Å²) in [6, 6.07) is 0.0324. The lowest BCUT2D eigenvalue weighted by atomic mass is 10.4. The van der Waals surface area contributed by atoms with Gasteiger partial charge in [-0.1, -0.05) is 0 Å². The van der Waals surface area contributed by atoms with Crippen molar-refractivity contribution in [3.8, 4) is 0 Å². The molecule has 1 atom stereocenters. The number of aliphatic hydroxyl groups excluding tert-OH is 1. The van der Waals surface area contributed by atoms with Crippen LogP contribution < -0.4 is 10.6 Å². The SMILES string of the molecule is CNC(=S)N[C@@H](C)CO. The second-order valence-electron chi connectivity index (χ2n) is 1.81. The molecule has 0 aliphatic heterocycles. The van der Waals surface area contributed by atoms with Gasteiger partial charge >= 0.3 is 0 Å². The number of thiocarbonyl (C=S) groups is 1. The summed E-state index contributed by atoms with van der Waals surface area (Å²) in [5, 5.41) is 14.7. The average molecular weight is 148 g/mol. The van der Waals surface area contributed by atoms with Gasteiger partial charge in [0, 0.05) is 13.1 Å². The third-order valence-corrected chi connectivity index (χ3v) is 1.20. The predicted molar refractivity (Wildman–Crippen MR) is 41.3 cm³/mol. The molecule has 0 amide bonds. The van der Waals surface area contributed by atoms with Crippen molar-refractivity contribution in [3.63, 3.8) is 0 Å². The second kappa shape index (κ2) is 4.52. The van der Waals surface area contributed by atoms with E-state index in [2.05, 4.69) is 10.6 Å². The summed E-state index contributed by atoms with van der Waals surface area (Å²) in [7, 11) is 1.74. The first-order chi connectivity index (χ1) is 4.20. The topological polar surface area (TPSA) is 44.3 Å². The van der Waals surface area contributed by atoms with Gasteiger partial charge in [0.1, 0.15) is 0 Å². The fraction of sp³-hybridized carbons (Fsp3) is 0.800. The number of rotatable bonds is 2. The van der Waals surface area contributed by atoms with Gasteiger partial charge in [-0.25, -0.2) is 0 Å². The van der Waals surface area contributed by atoms with Crippen molar-refractivity contribution in [2.75, 3.05) is 13.7 Å². The first-order valence-electron chi connectivity index (χ1n) is 2.79. The Morgan fingerprint density at radius 1 is 1.78 bits per heavy atom. The van der Waals surface area contributed by atoms with Gasteiger partial charge in [-0.05, 0) is 19.1 Å². The molecule has 4 heteroatoms. The third kappa shape index (κ3) is 4.17. The molecule has 0 saturated heterocycles. The van der Waals surface area contributed by atoms with Crippen molar-refractivity contribution in [2.45, 2.75) is 13.0 Å². The summed E-state index contributed by atoms with van der Waals surface area (Å²) < 4.78 is 0. The van der Waals surface area contributed by atoms with Gasteiger partial charge in [-0.2, -0.15) is 0 Å². The van der Waals surface area contributed by atoms with Gasteiger partial charge in [-0.3, -0.25) is 0 Å². The Bertz CT molecular complexity index is 97.0. The fourth-order valence-electron chi connectivity index (χ4n) is 0.342. The summed E-state index contributed by atoms with van der Waals surface area (Å²) in [5.74, 6) is 0. The number of hydrogen-bond donors (Lipinski definition) is 3. The van der Waals surface area contributed by atoms with Crippen LogP contribution in [0, 0.1) is 0 Å². The van der Waals surface area contributed by atoms with Crippen molar-refractivity contribution in [3.05, 3.63) is 0 Å². The van der Waals surface area contributed by atoms with Crippen LogP contribution in [0.4, 0.5) is 0 Å². The Hall–Kier alpha value is -0.350. The zero-order valence-electron chi connectivity index (χ0n) is 5.64. The molecule has 0 aromatic rings. The Morgan fingerprint density at radius 3 is 2.67 bits per heavy atom. The van der Waals surface area contributed by atoms with E-state index in [0.717, 1.165) is 0 Å². The van der Waals surface area contributed by atoms with Crippen molar-refractivity contribution in [1.82, 2.24) is 10.6 Å². The van der Waals surface area contributed by atoms with E-state index in [1.54, 1.807) is 7.05 Å². The molecule has 0 heterocycles. The van der Waals surface area contributed by atoms with Gasteiger partial charge in [0.15, 0.2) is 5.11 Å². The summed E-state index contributed by atoms with van der Waals surface area (Å²) in [6.07, 6.45) is 0. The van der Waals surface area contributed by atoms with Gasteiger partial charge < -0.3 is 15.7 Å². The Morgan fingerprint density at radius 2 is 2.33 bits per heavy atom. The van der Waals surface area contributed by atoms with Crippen LogP contribution in [0.25, 0.3) is 0 Å². The molecule has 0 aliphatic rings. The molecule has 0 aliphatic carbocycles. The van der Waals surface area contributed by atoms with E-state index in [1.165, 1.54) is 0 Å². The summed E-state index contributed by atoms with van der Waals surface area (Å²) >= 11 is 4.76. The van der Waals surface area contributed by atoms with Crippen LogP contribution in [0.5, 0.6) is 0 Å². The molecule has 0 aromatic carbocycles. The van der Waals surface area contributed by atoms with Crippen LogP contribution in [0.3, 0.4) is 0 Å². The normalized spacial score (nSPS) is 12.3. The van der Waals surface area contributed by atoms with Gasteiger partial charge in [0.25, 0.3) is 0 Å². The lowest BCUT2D eigenvalue weighted by Crippen LogP contribution is -2.40. The molecule has 0 rings (SSSR count). The molecule has 0 radical (unpaired) electrons. The largest absolute Gasteiger partial charge is 0.394 e. The lowest BCUT2D eigenvalue weighted by Gasteiger charge is -2.11. The molecule has 0 spiro atoms. The van der Waals surface area contributed by atoms with E-state index < -0.39 is 0 Å². The molecule has 0 unspecified atom stereocenters. The van der Waals surface area contributed by atoms with E-state index in [-0.39, 0.29) is 12.6 Å². The number of aliphatic hydroxyl groups is 1. The standard InChI is InChI=1S/C5H12N2OS/c1-4(3-8)7-5(9)6-2/h4,8H,3H2,1-2H3,(H2,6,7,9)/t4-/m0/s1. The van der Waals surface area contributed by atoms with E-state index in [9.17, 15) is 0 Å². The first-order valence-corrected chi connectivity index (χ1v) is 3.20. The number of nitrogens with one attached hydrogen (secondary N) is 2. The molecule has 54 valence electrons. The Labute approximate surface area is 60.5 Å². The maximum atomic E-state index is 8.53. The van der Waals surface area contributed by atoms with Crippen LogP contribution in [-0.4, -0.2) is 29.9 Å². The zero-order valence-corrected chi connectivity index (χ0v) is 6.46. The van der Waals surface area contributed by atoms with Crippen LogP contribution in [-0.2, 0) is 0 Å². The monoisotopic (exact) mass is 148 g/mol. The zero-order chi connectivity index (χ0) is 7.28. The summed E-state index contributed by atoms with van der Waals surface area (Å²) in [5.41, 5.74) is 0. The molecular weight excluding hydrogens is 136 g/mol. The molecule has 0 fully saturated rings. The highest BCUT2D eigenvalue weighted by Gasteiger charge is 1.97. The summed E-state index contributed by atoms with van der Waals surface area (Å²) in [6.45, 7) is 1.95. The third-order valence-electron chi connectivity index (χ3n) is 0.878. The molecule has 0 aromatic heterocycles. The second-order valence-corrected chi connectivity index (χ2v) is 2.22. The van der Waals surface area contributed by atoms with Gasteiger partial charge in [0.2, 0.25) is 0 Å². The van der Waals surface area contributed by atoms with Crippen LogP contribution >= 0.6 is 12.2 Å². The lowest BCUT2D eigenvalue weighted by molar-refractivity contribution is 0.264. The van der Waals surface area contributed by atoms with Crippen LogP contribution in [0.15, 0.2) is 0 Å². The minimum Gasteiger partial charge on any atom is -0.394 e. The van der Waals surface area contributed by atoms with E-state index >= 15 is 0 Å². The molecular formula is C5H12N2OS. The molecule has 0 bridgehead atoms. The Kier molecular flexibility index (Phi) is 4.35. The molecule has 9 heavy (non-hydrogen) atoms. The fourth-order valence-corrected chi connectivity index (χ4v) is 0.543. The van der Waals surface area contributed by atoms with Crippen molar-refractivity contribution < 1.29 is 5.11 Å². The van der Waals surface area contributed by atoms with Gasteiger partial charge in [-0.15, -0.1) is 0 Å². The maximum Gasteiger partial charge on any atom is 0.166 e. The first kappa shape index (κ1) is 8.65. The van der Waals surface area contributed by atoms with Crippen molar-refractivity contribution >= 4 is 17.3 Å². The molecule has 0 saturated carbocycles. The van der Waals surface area contributed by atoms with E-state index in [1.807, 2.05) is 6.92 Å². The highest BCUT2D eigenvalue weighted by molar-refractivity contribution is 7.80. The van der Waals surface area contributed by atoms with Crippen LogP contribution in [0.2, 0.25) is 0 Å². The smallest absolute Gasteiger partial charge is 0.166 e. The van der Waals surface area contributed by atoms with Gasteiger partial charge in [0.05, 0.1) is 6.61 Å². The molecule has 3 N–H and O–H groups in total. The summed E-state index contributed by atoms with van der Waals surface area (Å²) in [4.78, 5) is 0. The minimum absolute atomic E-state index is 0.0324. The average Bonchev–Trinajstić information content (AvgIpc) is 1.87. The van der Waals surface area contributed by atoms with E-state index in [4.69, 9.17) is 17.3 Å². The van der Waals surface area contributed by atoms with E-state index in [0.29, 0.717) is 5.11 Å². The highest BCUT2D eigenvalue weighted by atomic mass is 32.1. The quantitative estimate of drug-likeness (QED) is 0.460. The van der Waals surface area contributed by atoms with Crippen LogP contribution in [0.1, 0.15) is 6.92 Å². The minimum atomic E-state index is 0.0324.